The molecule has 13 nitrogen and oxygen atoms in total. The van der Waals surface area contributed by atoms with Crippen molar-refractivity contribution < 1.29 is 40.7 Å². The van der Waals surface area contributed by atoms with Gasteiger partial charge in [-0.3, -0.25) is 4.79 Å². The van der Waals surface area contributed by atoms with E-state index in [9.17, 15) is 31.2 Å². The predicted molar refractivity (Wildman–Crippen MR) is 186 cm³/mol. The molecule has 1 saturated carbocycles. The molecule has 0 spiro atoms. The van der Waals surface area contributed by atoms with Gasteiger partial charge >= 0.3 is 12.3 Å². The summed E-state index contributed by atoms with van der Waals surface area (Å²) < 4.78 is 79.6. The van der Waals surface area contributed by atoms with Crippen LogP contribution >= 0.6 is 11.6 Å². The Bertz CT molecular complexity index is 1880. The second kappa shape index (κ2) is 14.7. The van der Waals surface area contributed by atoms with Gasteiger partial charge in [0.1, 0.15) is 21.5 Å². The van der Waals surface area contributed by atoms with Crippen LogP contribution in [-0.2, 0) is 14.8 Å². The van der Waals surface area contributed by atoms with E-state index in [0.717, 1.165) is 25.5 Å². The van der Waals surface area contributed by atoms with Crippen molar-refractivity contribution >= 4 is 39.4 Å². The highest BCUT2D eigenvalue weighted by atomic mass is 35.5. The second-order valence-corrected chi connectivity index (χ2v) is 16.9. The molecule has 2 N–H and O–H groups in total. The first kappa shape index (κ1) is 39.1. The second-order valence-electron chi connectivity index (χ2n) is 14.8. The zero-order valence-electron chi connectivity index (χ0n) is 29.6. The molecule has 18 heteroatoms. The van der Waals surface area contributed by atoms with E-state index in [-0.39, 0.29) is 64.8 Å². The highest BCUT2D eigenvalue weighted by Crippen LogP contribution is 2.59. The fraction of sp³-hybridized carbons (Fsp3) is 0.559. The van der Waals surface area contributed by atoms with Gasteiger partial charge < -0.3 is 19.7 Å². The minimum absolute atomic E-state index is 0.0832. The lowest BCUT2D eigenvalue weighted by Gasteiger charge is -2.33. The molecule has 5 rings (SSSR count). The number of hydrogen-bond donors (Lipinski definition) is 2. The van der Waals surface area contributed by atoms with Crippen LogP contribution in [0.3, 0.4) is 0 Å². The molecular formula is C34H43ClF3N7O6S. The zero-order chi connectivity index (χ0) is 38.1. The van der Waals surface area contributed by atoms with Gasteiger partial charge in [-0.25, -0.2) is 32.6 Å². The van der Waals surface area contributed by atoms with Crippen LogP contribution in [0.2, 0.25) is 5.15 Å². The Kier molecular flexibility index (Phi) is 11.1. The van der Waals surface area contributed by atoms with Crippen LogP contribution in [0.15, 0.2) is 47.6 Å². The maximum absolute atomic E-state index is 13.1. The largest absolute Gasteiger partial charge is 0.477 e. The molecule has 0 bridgehead atoms. The number of aromatic nitrogens is 4. The normalized spacial score (nSPS) is 18.2. The van der Waals surface area contributed by atoms with Gasteiger partial charge in [-0.1, -0.05) is 11.6 Å². The molecule has 1 aliphatic carbocycles. The topological polar surface area (TPSA) is 158 Å². The van der Waals surface area contributed by atoms with Crippen molar-refractivity contribution in [2.45, 2.75) is 95.4 Å². The minimum atomic E-state index is -4.32. The lowest BCUT2D eigenvalue weighted by molar-refractivity contribution is -0.190. The van der Waals surface area contributed by atoms with E-state index < -0.39 is 33.1 Å². The molecule has 52 heavy (non-hydrogen) atoms. The Labute approximate surface area is 305 Å². The molecule has 2 amide bonds. The fourth-order valence-corrected chi connectivity index (χ4v) is 7.26. The van der Waals surface area contributed by atoms with Crippen molar-refractivity contribution in [3.63, 3.8) is 0 Å². The molecule has 1 aliphatic heterocycles. The summed E-state index contributed by atoms with van der Waals surface area (Å²) in [6, 6.07) is 6.90. The molecule has 1 unspecified atom stereocenters. The van der Waals surface area contributed by atoms with Crippen LogP contribution in [-0.4, -0.2) is 82.1 Å². The number of halogens is 4. The van der Waals surface area contributed by atoms with Crippen LogP contribution in [0.4, 0.5) is 23.8 Å². The number of ether oxygens (including phenoxy) is 2. The molecule has 1 atom stereocenters. The lowest BCUT2D eigenvalue weighted by atomic mass is 9.93. The number of anilines is 1. The molecule has 3 aromatic rings. The predicted octanol–water partition coefficient (Wildman–Crippen LogP) is 6.77. The Morgan fingerprint density at radius 1 is 1.10 bits per heavy atom. The van der Waals surface area contributed by atoms with Gasteiger partial charge in [0, 0.05) is 37.1 Å². The van der Waals surface area contributed by atoms with Gasteiger partial charge in [0.05, 0.1) is 17.6 Å². The third kappa shape index (κ3) is 9.45. The Morgan fingerprint density at radius 3 is 2.44 bits per heavy atom. The number of nitrogens with zero attached hydrogens (tertiary/aromatic N) is 5. The standard InChI is InChI=1S/C34H43ClF3N7O6S/c1-31(2,3)51-30(47)44-21-22(19-32(44,4)5)7-6-16-39-25-10-8-23(20-40-25)52(48,49)43-29(46)24-9-11-26(41-28(24)35)45-17-12-27(42-45)50-18-15-33(13-14-33)34(36,37)38/h8-12,17,20,22H,6-7,13-16,18-19,21H2,1-5H3,(H,39,40)(H,43,46). The van der Waals surface area contributed by atoms with Crippen molar-refractivity contribution in [1.29, 1.82) is 0 Å². The van der Waals surface area contributed by atoms with E-state index in [0.29, 0.717) is 24.8 Å². The van der Waals surface area contributed by atoms with Crippen molar-refractivity contribution in [1.82, 2.24) is 29.4 Å². The van der Waals surface area contributed by atoms with E-state index in [2.05, 4.69) is 20.4 Å². The molecule has 2 fully saturated rings. The summed E-state index contributed by atoms with van der Waals surface area (Å²) in [4.78, 5) is 35.4. The smallest absolute Gasteiger partial charge is 0.410 e. The molecule has 2 aliphatic rings. The van der Waals surface area contributed by atoms with Crippen molar-refractivity contribution in [2.24, 2.45) is 11.3 Å². The van der Waals surface area contributed by atoms with Gasteiger partial charge in [0.15, 0.2) is 5.82 Å². The first-order valence-corrected chi connectivity index (χ1v) is 18.7. The Balaban J connectivity index is 1.08. The van der Waals surface area contributed by atoms with Gasteiger partial charge in [-0.2, -0.15) is 13.2 Å². The van der Waals surface area contributed by atoms with E-state index >= 15 is 0 Å². The first-order chi connectivity index (χ1) is 24.2. The number of carbonyl (C=O) groups is 2. The van der Waals surface area contributed by atoms with Crippen molar-refractivity contribution in [3.05, 3.63) is 53.4 Å². The average Bonchev–Trinajstić information content (AvgIpc) is 3.58. The zero-order valence-corrected chi connectivity index (χ0v) is 31.2. The minimum Gasteiger partial charge on any atom is -0.477 e. The lowest BCUT2D eigenvalue weighted by Crippen LogP contribution is -2.45. The first-order valence-electron chi connectivity index (χ1n) is 16.9. The molecule has 284 valence electrons. The highest BCUT2D eigenvalue weighted by Gasteiger charge is 2.62. The number of nitrogens with one attached hydrogen (secondary N) is 2. The van der Waals surface area contributed by atoms with Crippen molar-refractivity contribution in [2.75, 3.05) is 25.0 Å². The fourth-order valence-electron chi connectivity index (χ4n) is 6.12. The number of rotatable bonds is 13. The number of amides is 2. The summed E-state index contributed by atoms with van der Waals surface area (Å²) in [7, 11) is -4.32. The highest BCUT2D eigenvalue weighted by molar-refractivity contribution is 7.90. The van der Waals surface area contributed by atoms with Crippen molar-refractivity contribution in [3.8, 4) is 11.7 Å². The van der Waals surface area contributed by atoms with E-state index in [1.165, 1.54) is 41.2 Å². The molecule has 1 saturated heterocycles. The van der Waals surface area contributed by atoms with Crippen LogP contribution in [0.5, 0.6) is 5.88 Å². The molecule has 4 heterocycles. The monoisotopic (exact) mass is 769 g/mol. The quantitative estimate of drug-likeness (QED) is 0.140. The van der Waals surface area contributed by atoms with Crippen LogP contribution < -0.4 is 14.8 Å². The summed E-state index contributed by atoms with van der Waals surface area (Å²) in [5.74, 6) is -0.00550. The third-order valence-electron chi connectivity index (χ3n) is 9.11. The maximum atomic E-state index is 13.1. The number of alkyl halides is 3. The van der Waals surface area contributed by atoms with Crippen LogP contribution in [0.25, 0.3) is 5.82 Å². The van der Waals surface area contributed by atoms with Crippen LogP contribution in [0.1, 0.15) is 83.5 Å². The molecular weight excluding hydrogens is 727 g/mol. The number of sulfonamides is 1. The van der Waals surface area contributed by atoms with Crippen LogP contribution in [0, 0.1) is 11.3 Å². The molecule has 0 aromatic carbocycles. The van der Waals surface area contributed by atoms with Gasteiger partial charge in [0.25, 0.3) is 15.9 Å². The number of likely N-dealkylation sites (tertiary alicyclic amines) is 1. The molecule has 0 radical (unpaired) electrons. The maximum Gasteiger partial charge on any atom is 0.410 e. The average molecular weight is 770 g/mol. The summed E-state index contributed by atoms with van der Waals surface area (Å²) in [6.45, 7) is 10.6. The van der Waals surface area contributed by atoms with Gasteiger partial charge in [0.2, 0.25) is 5.88 Å². The summed E-state index contributed by atoms with van der Waals surface area (Å²) in [5.41, 5.74) is -2.77. The summed E-state index contributed by atoms with van der Waals surface area (Å²) in [6.07, 6.45) is 0.533. The molecule has 3 aromatic heterocycles. The summed E-state index contributed by atoms with van der Waals surface area (Å²) in [5, 5.41) is 7.00. The number of carbonyl (C=O) groups excluding carboxylic acids is 2. The SMILES string of the molecule is CC(C)(C)OC(=O)N1CC(CCCNc2ccc(S(=O)(=O)NC(=O)c3ccc(-n4ccc(OCCC5(C(F)(F)F)CC5)n4)nc3Cl)cn2)CC1(C)C. The Hall–Kier alpha value is -4.12. The number of hydrogen-bond acceptors (Lipinski definition) is 10. The van der Waals surface area contributed by atoms with Gasteiger partial charge in [-0.05, 0) is 103 Å². The van der Waals surface area contributed by atoms with E-state index in [1.807, 2.05) is 39.3 Å². The Morgan fingerprint density at radius 2 is 1.83 bits per heavy atom. The third-order valence-corrected chi connectivity index (χ3v) is 10.7. The van der Waals surface area contributed by atoms with Gasteiger partial charge in [-0.15, -0.1) is 5.10 Å². The van der Waals surface area contributed by atoms with E-state index in [1.54, 1.807) is 4.90 Å². The summed E-state index contributed by atoms with van der Waals surface area (Å²) >= 11 is 6.23. The number of pyridine rings is 2. The van der Waals surface area contributed by atoms with E-state index in [4.69, 9.17) is 21.1 Å².